The second kappa shape index (κ2) is 8.15. The molecule has 1 N–H and O–H groups in total. The molecular weight excluding hydrogens is 222 g/mol. The minimum atomic E-state index is 0.602. The summed E-state index contributed by atoms with van der Waals surface area (Å²) in [5.41, 5.74) is 1.37. The van der Waals surface area contributed by atoms with Gasteiger partial charge in [0, 0.05) is 6.04 Å². The van der Waals surface area contributed by atoms with E-state index in [4.69, 9.17) is 4.74 Å². The van der Waals surface area contributed by atoms with Gasteiger partial charge in [-0.1, -0.05) is 26.0 Å². The molecule has 2 atom stereocenters. The molecule has 2 heteroatoms. The van der Waals surface area contributed by atoms with Gasteiger partial charge < -0.3 is 10.1 Å². The van der Waals surface area contributed by atoms with Gasteiger partial charge in [-0.05, 0) is 56.3 Å². The van der Waals surface area contributed by atoms with Crippen molar-refractivity contribution in [2.75, 3.05) is 13.7 Å². The zero-order chi connectivity index (χ0) is 13.4. The normalized spacial score (nSPS) is 14.2. The summed E-state index contributed by atoms with van der Waals surface area (Å²) >= 11 is 0. The van der Waals surface area contributed by atoms with E-state index in [2.05, 4.69) is 44.3 Å². The maximum atomic E-state index is 5.26. The predicted octanol–water partition coefficient (Wildman–Crippen LogP) is 3.65. The monoisotopic (exact) mass is 249 g/mol. The summed E-state index contributed by atoms with van der Waals surface area (Å²) in [7, 11) is 1.72. The van der Waals surface area contributed by atoms with Crippen molar-refractivity contribution in [2.24, 2.45) is 5.92 Å². The second-order valence-electron chi connectivity index (χ2n) is 5.25. The van der Waals surface area contributed by atoms with E-state index >= 15 is 0 Å². The Labute approximate surface area is 112 Å². The largest absolute Gasteiger partial charge is 0.497 e. The van der Waals surface area contributed by atoms with Gasteiger partial charge in [-0.3, -0.25) is 0 Å². The predicted molar refractivity (Wildman–Crippen MR) is 78.2 cm³/mol. The number of benzene rings is 1. The minimum absolute atomic E-state index is 0.602. The maximum Gasteiger partial charge on any atom is 0.119 e. The van der Waals surface area contributed by atoms with Crippen molar-refractivity contribution >= 4 is 0 Å². The molecule has 18 heavy (non-hydrogen) atoms. The van der Waals surface area contributed by atoms with Gasteiger partial charge in [0.1, 0.15) is 5.75 Å². The molecule has 2 nitrogen and oxygen atoms in total. The Bertz CT molecular complexity index is 338. The third-order valence-corrected chi connectivity index (χ3v) is 3.22. The summed E-state index contributed by atoms with van der Waals surface area (Å²) in [6, 6.07) is 8.99. The van der Waals surface area contributed by atoms with E-state index < -0.39 is 0 Å². The maximum absolute atomic E-state index is 5.26. The van der Waals surface area contributed by atoms with Crippen LogP contribution in [-0.2, 0) is 6.42 Å². The summed E-state index contributed by atoms with van der Waals surface area (Å²) in [4.78, 5) is 0. The van der Waals surface area contributed by atoms with Crippen LogP contribution in [0.2, 0.25) is 0 Å². The molecule has 0 radical (unpaired) electrons. The lowest BCUT2D eigenvalue weighted by molar-refractivity contribution is 0.409. The van der Waals surface area contributed by atoms with E-state index in [9.17, 15) is 0 Å². The van der Waals surface area contributed by atoms with E-state index in [-0.39, 0.29) is 0 Å². The van der Waals surface area contributed by atoms with Crippen molar-refractivity contribution in [3.63, 3.8) is 0 Å². The smallest absolute Gasteiger partial charge is 0.119 e. The van der Waals surface area contributed by atoms with Gasteiger partial charge in [0.2, 0.25) is 0 Å². The molecular formula is C16H27NO. The number of hydrogen-bond acceptors (Lipinski definition) is 2. The molecule has 0 fully saturated rings. The molecule has 1 aromatic carbocycles. The van der Waals surface area contributed by atoms with Crippen LogP contribution in [0.25, 0.3) is 0 Å². The van der Waals surface area contributed by atoms with Crippen LogP contribution in [0.3, 0.4) is 0 Å². The number of ether oxygens (including phenoxy) is 1. The van der Waals surface area contributed by atoms with Gasteiger partial charge in [-0.2, -0.15) is 0 Å². The highest BCUT2D eigenvalue weighted by Crippen LogP contribution is 2.18. The number of rotatable bonds is 8. The fraction of sp³-hybridized carbons (Fsp3) is 0.625. The van der Waals surface area contributed by atoms with Gasteiger partial charge in [-0.15, -0.1) is 0 Å². The topological polar surface area (TPSA) is 21.3 Å². The van der Waals surface area contributed by atoms with Crippen LogP contribution in [-0.4, -0.2) is 19.7 Å². The lowest BCUT2D eigenvalue weighted by Crippen LogP contribution is -2.28. The van der Waals surface area contributed by atoms with Crippen LogP contribution in [0.5, 0.6) is 5.75 Å². The van der Waals surface area contributed by atoms with Crippen molar-refractivity contribution in [3.05, 3.63) is 29.8 Å². The van der Waals surface area contributed by atoms with E-state index in [1.54, 1.807) is 7.11 Å². The molecule has 1 rings (SSSR count). The zero-order valence-electron chi connectivity index (χ0n) is 12.2. The molecule has 0 aliphatic heterocycles. The molecule has 0 aliphatic carbocycles. The molecule has 2 unspecified atom stereocenters. The van der Waals surface area contributed by atoms with Gasteiger partial charge >= 0.3 is 0 Å². The SMILES string of the molecule is CCCNC(C)CC(C)Cc1cccc(OC)c1. The molecule has 0 aliphatic rings. The average Bonchev–Trinajstić information content (AvgIpc) is 2.36. The molecule has 0 bridgehead atoms. The first-order chi connectivity index (χ1) is 8.65. The van der Waals surface area contributed by atoms with Crippen molar-refractivity contribution < 1.29 is 4.74 Å². The van der Waals surface area contributed by atoms with Gasteiger partial charge in [0.15, 0.2) is 0 Å². The van der Waals surface area contributed by atoms with E-state index in [1.165, 1.54) is 18.4 Å². The van der Waals surface area contributed by atoms with Gasteiger partial charge in [0.25, 0.3) is 0 Å². The van der Waals surface area contributed by atoms with Crippen molar-refractivity contribution in [3.8, 4) is 5.75 Å². The van der Waals surface area contributed by atoms with Crippen LogP contribution in [0, 0.1) is 5.92 Å². The van der Waals surface area contributed by atoms with Crippen LogP contribution >= 0.6 is 0 Å². The average molecular weight is 249 g/mol. The fourth-order valence-electron chi connectivity index (χ4n) is 2.36. The molecule has 0 heterocycles. The van der Waals surface area contributed by atoms with Crippen molar-refractivity contribution in [2.45, 2.75) is 46.1 Å². The Morgan fingerprint density at radius 1 is 1.28 bits per heavy atom. The lowest BCUT2D eigenvalue weighted by Gasteiger charge is -2.18. The molecule has 0 saturated carbocycles. The lowest BCUT2D eigenvalue weighted by atomic mass is 9.95. The standard InChI is InChI=1S/C16H27NO/c1-5-9-17-14(3)10-13(2)11-15-7-6-8-16(12-15)18-4/h6-8,12-14,17H,5,9-11H2,1-4H3. The Morgan fingerprint density at radius 2 is 2.06 bits per heavy atom. The highest BCUT2D eigenvalue weighted by molar-refractivity contribution is 5.28. The van der Waals surface area contributed by atoms with E-state index in [0.29, 0.717) is 12.0 Å². The van der Waals surface area contributed by atoms with Crippen LogP contribution < -0.4 is 10.1 Å². The number of methoxy groups -OCH3 is 1. The number of nitrogens with one attached hydrogen (secondary N) is 1. The summed E-state index contributed by atoms with van der Waals surface area (Å²) in [5, 5.41) is 3.55. The molecule has 0 saturated heterocycles. The first kappa shape index (κ1) is 15.0. The van der Waals surface area contributed by atoms with Crippen LogP contribution in [0.1, 0.15) is 39.2 Å². The Balaban J connectivity index is 2.40. The highest BCUT2D eigenvalue weighted by Gasteiger charge is 2.09. The highest BCUT2D eigenvalue weighted by atomic mass is 16.5. The quantitative estimate of drug-likeness (QED) is 0.759. The molecule has 1 aromatic rings. The zero-order valence-corrected chi connectivity index (χ0v) is 12.2. The molecule has 0 spiro atoms. The summed E-state index contributed by atoms with van der Waals surface area (Å²) in [5.74, 6) is 1.65. The third-order valence-electron chi connectivity index (χ3n) is 3.22. The van der Waals surface area contributed by atoms with Crippen molar-refractivity contribution in [1.29, 1.82) is 0 Å². The fourth-order valence-corrected chi connectivity index (χ4v) is 2.36. The van der Waals surface area contributed by atoms with Crippen molar-refractivity contribution in [1.82, 2.24) is 5.32 Å². The Hall–Kier alpha value is -1.02. The van der Waals surface area contributed by atoms with Crippen LogP contribution in [0.4, 0.5) is 0 Å². The van der Waals surface area contributed by atoms with Crippen LogP contribution in [0.15, 0.2) is 24.3 Å². The summed E-state index contributed by atoms with van der Waals surface area (Å²) < 4.78 is 5.26. The molecule has 0 aromatic heterocycles. The molecule has 0 amide bonds. The summed E-state index contributed by atoms with van der Waals surface area (Å²) in [6.07, 6.45) is 3.54. The Morgan fingerprint density at radius 3 is 2.72 bits per heavy atom. The minimum Gasteiger partial charge on any atom is -0.497 e. The Kier molecular flexibility index (Phi) is 6.81. The molecule has 102 valence electrons. The second-order valence-corrected chi connectivity index (χ2v) is 5.25. The third kappa shape index (κ3) is 5.54. The van der Waals surface area contributed by atoms with E-state index in [1.807, 2.05) is 6.07 Å². The van der Waals surface area contributed by atoms with Gasteiger partial charge in [-0.25, -0.2) is 0 Å². The first-order valence-electron chi connectivity index (χ1n) is 7.02. The number of hydrogen-bond donors (Lipinski definition) is 1. The summed E-state index contributed by atoms with van der Waals surface area (Å²) in [6.45, 7) is 7.92. The first-order valence-corrected chi connectivity index (χ1v) is 7.02. The van der Waals surface area contributed by atoms with E-state index in [0.717, 1.165) is 18.7 Å². The van der Waals surface area contributed by atoms with Gasteiger partial charge in [0.05, 0.1) is 7.11 Å².